The van der Waals surface area contributed by atoms with Gasteiger partial charge in [0.25, 0.3) is 0 Å². The van der Waals surface area contributed by atoms with Gasteiger partial charge in [-0.15, -0.1) is 0 Å². The Labute approximate surface area is 188 Å². The van der Waals surface area contributed by atoms with Gasteiger partial charge in [0.1, 0.15) is 0 Å². The van der Waals surface area contributed by atoms with E-state index in [2.05, 4.69) is 34.3 Å². The second-order valence-corrected chi connectivity index (χ2v) is 9.77. The molecule has 0 aromatic rings. The molecule has 0 aromatic heterocycles. The highest BCUT2D eigenvalue weighted by Gasteiger charge is 2.35. The number of unbranched alkanes of at least 4 members (excludes halogenated alkanes) is 2. The Morgan fingerprint density at radius 1 is 0.800 bits per heavy atom. The molecule has 30 heavy (non-hydrogen) atoms. The molecule has 0 spiro atoms. The highest BCUT2D eigenvalue weighted by molar-refractivity contribution is 5.17. The molecule has 2 atom stereocenters. The van der Waals surface area contributed by atoms with E-state index < -0.39 is 0 Å². The average Bonchev–Trinajstić information content (AvgIpc) is 2.92. The van der Waals surface area contributed by atoms with E-state index in [1.165, 1.54) is 89.9 Å². The van der Waals surface area contributed by atoms with Gasteiger partial charge in [0.05, 0.1) is 13.2 Å². The second-order valence-electron chi connectivity index (χ2n) is 9.77. The molecule has 0 aliphatic carbocycles. The van der Waals surface area contributed by atoms with E-state index in [-0.39, 0.29) is 5.41 Å². The Kier molecular flexibility index (Phi) is 14.3. The molecular weight excluding hydrogens is 368 g/mol. The Hall–Kier alpha value is -0.920. The fraction of sp³-hybridized carbons (Fsp3) is 0.857. The van der Waals surface area contributed by atoms with Crippen LogP contribution >= 0.6 is 0 Å². The van der Waals surface area contributed by atoms with Gasteiger partial charge in [-0.3, -0.25) is 0 Å². The molecule has 1 aliphatic heterocycles. The zero-order valence-corrected chi connectivity index (χ0v) is 21.1. The molecule has 0 bridgehead atoms. The lowest BCUT2D eigenvalue weighted by Gasteiger charge is -2.32. The Balaban J connectivity index is 2.70. The van der Waals surface area contributed by atoms with Gasteiger partial charge in [-0.1, -0.05) is 111 Å². The van der Waals surface area contributed by atoms with Crippen molar-refractivity contribution in [1.29, 1.82) is 0 Å². The normalized spacial score (nSPS) is 23.0. The number of hydrogen-bond donors (Lipinski definition) is 0. The predicted molar refractivity (Wildman–Crippen MR) is 132 cm³/mol. The van der Waals surface area contributed by atoms with E-state index in [1.54, 1.807) is 0 Å². The molecule has 0 saturated carbocycles. The minimum atomic E-state index is 0.139. The molecule has 0 N–H and O–H groups in total. The lowest BCUT2D eigenvalue weighted by atomic mass is 9.77. The maximum absolute atomic E-state index is 6.21. The summed E-state index contributed by atoms with van der Waals surface area (Å²) in [6.45, 7) is 17.0. The van der Waals surface area contributed by atoms with Crippen molar-refractivity contribution in [2.24, 2.45) is 17.3 Å². The summed E-state index contributed by atoms with van der Waals surface area (Å²) in [6, 6.07) is 0. The predicted octanol–water partition coefficient (Wildman–Crippen LogP) is 9.21. The van der Waals surface area contributed by atoms with E-state index in [0.29, 0.717) is 5.76 Å². The monoisotopic (exact) mass is 420 g/mol. The van der Waals surface area contributed by atoms with Crippen LogP contribution in [0.15, 0.2) is 24.2 Å². The Bertz CT molecular complexity index is 457. The SMILES string of the molecule is C=C1OCC(CCCC(CC)CCCC)(CCCC(CC)CCCC)CO/C1=C\C. The fourth-order valence-electron chi connectivity index (χ4n) is 4.94. The van der Waals surface area contributed by atoms with Crippen LogP contribution in [0.4, 0.5) is 0 Å². The standard InChI is InChI=1S/C28H52O2/c1-7-12-16-25(9-3)18-14-20-28(21-15-19-26(10-4)17-13-8-2)22-29-24(6)27(11-5)30-23-28/h11,25-26H,6-10,12-23H2,1-5H3/b27-11-. The first-order chi connectivity index (χ1) is 14.5. The summed E-state index contributed by atoms with van der Waals surface area (Å²) in [7, 11) is 0. The summed E-state index contributed by atoms with van der Waals surface area (Å²) >= 11 is 0. The van der Waals surface area contributed by atoms with Crippen molar-refractivity contribution in [1.82, 2.24) is 0 Å². The first-order valence-electron chi connectivity index (χ1n) is 13.1. The van der Waals surface area contributed by atoms with Gasteiger partial charge in [-0.25, -0.2) is 0 Å². The molecule has 1 rings (SSSR count). The van der Waals surface area contributed by atoms with Gasteiger partial charge in [0.15, 0.2) is 11.5 Å². The largest absolute Gasteiger partial charge is 0.490 e. The third kappa shape index (κ3) is 9.92. The maximum atomic E-state index is 6.21. The van der Waals surface area contributed by atoms with Crippen LogP contribution in [-0.4, -0.2) is 13.2 Å². The van der Waals surface area contributed by atoms with Gasteiger partial charge >= 0.3 is 0 Å². The van der Waals surface area contributed by atoms with Crippen molar-refractivity contribution in [2.45, 2.75) is 125 Å². The second kappa shape index (κ2) is 15.8. The fourth-order valence-corrected chi connectivity index (χ4v) is 4.94. The first-order valence-corrected chi connectivity index (χ1v) is 13.1. The maximum Gasteiger partial charge on any atom is 0.156 e. The van der Waals surface area contributed by atoms with Crippen molar-refractivity contribution < 1.29 is 9.47 Å². The molecule has 1 heterocycles. The van der Waals surface area contributed by atoms with Crippen molar-refractivity contribution >= 4 is 0 Å². The van der Waals surface area contributed by atoms with E-state index >= 15 is 0 Å². The zero-order valence-electron chi connectivity index (χ0n) is 21.1. The number of allylic oxidation sites excluding steroid dienone is 1. The van der Waals surface area contributed by atoms with Crippen LogP contribution in [0.1, 0.15) is 125 Å². The van der Waals surface area contributed by atoms with Crippen LogP contribution < -0.4 is 0 Å². The van der Waals surface area contributed by atoms with Crippen molar-refractivity contribution in [3.63, 3.8) is 0 Å². The molecule has 0 aromatic carbocycles. The topological polar surface area (TPSA) is 18.5 Å². The first kappa shape index (κ1) is 27.1. The molecule has 1 aliphatic rings. The quantitative estimate of drug-likeness (QED) is 0.248. The third-order valence-electron chi connectivity index (χ3n) is 7.35. The smallest absolute Gasteiger partial charge is 0.156 e. The average molecular weight is 421 g/mol. The summed E-state index contributed by atoms with van der Waals surface area (Å²) in [5, 5.41) is 0. The third-order valence-corrected chi connectivity index (χ3v) is 7.35. The Morgan fingerprint density at radius 2 is 1.27 bits per heavy atom. The van der Waals surface area contributed by atoms with Crippen LogP contribution in [0, 0.1) is 17.3 Å². The van der Waals surface area contributed by atoms with Gasteiger partial charge < -0.3 is 9.47 Å². The minimum Gasteiger partial charge on any atom is -0.490 e. The summed E-state index contributed by atoms with van der Waals surface area (Å²) in [6.07, 6.45) is 20.5. The summed E-state index contributed by atoms with van der Waals surface area (Å²) in [5.74, 6) is 3.31. The summed E-state index contributed by atoms with van der Waals surface area (Å²) < 4.78 is 12.3. The lowest BCUT2D eigenvalue weighted by Crippen LogP contribution is -2.31. The molecule has 2 unspecified atom stereocenters. The molecular formula is C28H52O2. The molecule has 2 nitrogen and oxygen atoms in total. The number of rotatable bonds is 16. The van der Waals surface area contributed by atoms with E-state index in [9.17, 15) is 0 Å². The van der Waals surface area contributed by atoms with Gasteiger partial charge in [-0.2, -0.15) is 0 Å². The van der Waals surface area contributed by atoms with Crippen molar-refractivity contribution in [3.05, 3.63) is 24.2 Å². The van der Waals surface area contributed by atoms with Crippen molar-refractivity contribution in [3.8, 4) is 0 Å². The van der Waals surface area contributed by atoms with E-state index in [1.807, 2.05) is 13.0 Å². The molecule has 176 valence electrons. The molecule has 1 fully saturated rings. The van der Waals surface area contributed by atoms with Crippen LogP contribution in [0.5, 0.6) is 0 Å². The van der Waals surface area contributed by atoms with E-state index in [4.69, 9.17) is 9.47 Å². The van der Waals surface area contributed by atoms with Crippen molar-refractivity contribution in [2.75, 3.05) is 13.2 Å². The van der Waals surface area contributed by atoms with Crippen LogP contribution in [0.2, 0.25) is 0 Å². The van der Waals surface area contributed by atoms with Gasteiger partial charge in [-0.05, 0) is 37.7 Å². The lowest BCUT2D eigenvalue weighted by molar-refractivity contribution is 0.0437. The highest BCUT2D eigenvalue weighted by atomic mass is 16.5. The van der Waals surface area contributed by atoms with Crippen LogP contribution in [-0.2, 0) is 9.47 Å². The molecule has 1 saturated heterocycles. The van der Waals surface area contributed by atoms with E-state index in [0.717, 1.165) is 30.8 Å². The highest BCUT2D eigenvalue weighted by Crippen LogP contribution is 2.38. The summed E-state index contributed by atoms with van der Waals surface area (Å²) in [5.41, 5.74) is 0.139. The molecule has 0 radical (unpaired) electrons. The molecule has 2 heteroatoms. The minimum absolute atomic E-state index is 0.139. The number of ether oxygens (including phenoxy) is 2. The van der Waals surface area contributed by atoms with Gasteiger partial charge in [0, 0.05) is 5.41 Å². The summed E-state index contributed by atoms with van der Waals surface area (Å²) in [4.78, 5) is 0. The molecule has 0 amide bonds. The van der Waals surface area contributed by atoms with Gasteiger partial charge in [0.2, 0.25) is 0 Å². The van der Waals surface area contributed by atoms with Crippen LogP contribution in [0.3, 0.4) is 0 Å². The zero-order chi connectivity index (χ0) is 22.2. The van der Waals surface area contributed by atoms with Crippen LogP contribution in [0.25, 0.3) is 0 Å². The Morgan fingerprint density at radius 3 is 1.70 bits per heavy atom. The number of hydrogen-bond acceptors (Lipinski definition) is 2.